The average Bonchev–Trinajstić information content (AvgIpc) is 2.65. The summed E-state index contributed by atoms with van der Waals surface area (Å²) in [6, 6.07) is 3.13. The Kier molecular flexibility index (Phi) is 6.92. The third kappa shape index (κ3) is 4.37. The molecular weight excluding hydrogens is 344 g/mol. The lowest BCUT2D eigenvalue weighted by molar-refractivity contribution is 0.261. The smallest absolute Gasteiger partial charge is 0.250 e. The second-order valence-electron chi connectivity index (χ2n) is 6.10. The first-order valence-corrected chi connectivity index (χ1v) is 9.86. The Labute approximate surface area is 150 Å². The van der Waals surface area contributed by atoms with E-state index in [1.807, 2.05) is 7.05 Å². The van der Waals surface area contributed by atoms with Gasteiger partial charge in [-0.05, 0) is 38.8 Å². The van der Waals surface area contributed by atoms with Crippen LogP contribution in [0.25, 0.3) is 0 Å². The van der Waals surface area contributed by atoms with Crippen molar-refractivity contribution in [1.82, 2.24) is 9.62 Å². The maximum atomic E-state index is 13.2. The molecule has 0 bridgehead atoms. The van der Waals surface area contributed by atoms with Gasteiger partial charge in [-0.15, -0.1) is 0 Å². The first-order valence-electron chi connectivity index (χ1n) is 8.42. The summed E-state index contributed by atoms with van der Waals surface area (Å²) >= 11 is 0. The molecule has 1 aromatic carbocycles. The number of nitrogens with zero attached hydrogens (tertiary/aromatic N) is 1. The van der Waals surface area contributed by atoms with E-state index >= 15 is 0 Å². The molecule has 1 aromatic rings. The van der Waals surface area contributed by atoms with Crippen molar-refractivity contribution in [3.8, 4) is 17.2 Å². The lowest BCUT2D eigenvalue weighted by Crippen LogP contribution is -2.39. The minimum atomic E-state index is -3.70. The molecule has 8 heteroatoms. The van der Waals surface area contributed by atoms with Gasteiger partial charge in [-0.2, -0.15) is 4.31 Å². The Bertz CT molecular complexity index is 645. The molecule has 0 spiro atoms. The number of nitrogens with one attached hydrogen (secondary N) is 1. The van der Waals surface area contributed by atoms with Crippen molar-refractivity contribution in [2.24, 2.45) is 5.92 Å². The number of sulfonamides is 1. The van der Waals surface area contributed by atoms with Gasteiger partial charge in [-0.3, -0.25) is 0 Å². The summed E-state index contributed by atoms with van der Waals surface area (Å²) in [4.78, 5) is 0.0620. The minimum Gasteiger partial charge on any atom is -0.496 e. The molecule has 1 saturated heterocycles. The van der Waals surface area contributed by atoms with Crippen molar-refractivity contribution in [2.45, 2.75) is 24.2 Å². The van der Waals surface area contributed by atoms with Crippen molar-refractivity contribution in [2.75, 3.05) is 48.0 Å². The monoisotopic (exact) mass is 372 g/mol. The van der Waals surface area contributed by atoms with Crippen molar-refractivity contribution >= 4 is 10.0 Å². The fourth-order valence-corrected chi connectivity index (χ4v) is 4.89. The van der Waals surface area contributed by atoms with Gasteiger partial charge in [0, 0.05) is 25.2 Å². The van der Waals surface area contributed by atoms with Gasteiger partial charge in [0.05, 0.1) is 21.3 Å². The zero-order chi connectivity index (χ0) is 18.4. The molecule has 0 amide bonds. The van der Waals surface area contributed by atoms with E-state index in [1.165, 1.54) is 25.6 Å². The van der Waals surface area contributed by atoms with Crippen LogP contribution >= 0.6 is 0 Å². The summed E-state index contributed by atoms with van der Waals surface area (Å²) in [6.45, 7) is 1.97. The van der Waals surface area contributed by atoms with Crippen LogP contribution in [0.1, 0.15) is 19.3 Å². The Morgan fingerprint density at radius 2 is 1.64 bits per heavy atom. The van der Waals surface area contributed by atoms with Crippen LogP contribution in [0.5, 0.6) is 17.2 Å². The van der Waals surface area contributed by atoms with E-state index in [9.17, 15) is 8.42 Å². The largest absolute Gasteiger partial charge is 0.496 e. The molecular formula is C17H28N2O5S. The molecule has 1 fully saturated rings. The molecule has 142 valence electrons. The van der Waals surface area contributed by atoms with Crippen LogP contribution in [0.15, 0.2) is 17.0 Å². The number of rotatable bonds is 8. The van der Waals surface area contributed by atoms with Crippen molar-refractivity contribution in [1.29, 1.82) is 0 Å². The van der Waals surface area contributed by atoms with E-state index in [0.29, 0.717) is 24.8 Å². The molecule has 0 aliphatic carbocycles. The molecule has 1 N–H and O–H groups in total. The highest BCUT2D eigenvalue weighted by molar-refractivity contribution is 7.89. The zero-order valence-corrected chi connectivity index (χ0v) is 16.2. The summed E-state index contributed by atoms with van der Waals surface area (Å²) < 4.78 is 43.7. The van der Waals surface area contributed by atoms with Crippen LogP contribution < -0.4 is 19.5 Å². The predicted molar refractivity (Wildman–Crippen MR) is 96.1 cm³/mol. The van der Waals surface area contributed by atoms with Gasteiger partial charge >= 0.3 is 0 Å². The van der Waals surface area contributed by atoms with Gasteiger partial charge in [-0.1, -0.05) is 0 Å². The van der Waals surface area contributed by atoms with Crippen molar-refractivity contribution in [3.63, 3.8) is 0 Å². The van der Waals surface area contributed by atoms with Gasteiger partial charge in [0.15, 0.2) is 4.90 Å². The molecule has 0 aromatic heterocycles. The molecule has 7 nitrogen and oxygen atoms in total. The predicted octanol–water partition coefficient (Wildman–Crippen LogP) is 1.72. The third-order valence-corrected chi connectivity index (χ3v) is 6.61. The maximum absolute atomic E-state index is 13.2. The highest BCUT2D eigenvalue weighted by Crippen LogP contribution is 2.40. The standard InChI is InChI=1S/C17H28N2O5S/c1-18-8-5-13-6-9-19(10-7-13)25(20,21)17-15(23-3)11-14(22-2)12-16(17)24-4/h11-13,18H,5-10H2,1-4H3. The molecule has 0 unspecified atom stereocenters. The Balaban J connectivity index is 2.28. The molecule has 0 atom stereocenters. The summed E-state index contributed by atoms with van der Waals surface area (Å²) in [5.41, 5.74) is 0. The number of benzene rings is 1. The maximum Gasteiger partial charge on any atom is 0.250 e. The van der Waals surface area contributed by atoms with Crippen LogP contribution in [0.4, 0.5) is 0 Å². The number of hydrogen-bond acceptors (Lipinski definition) is 6. The molecule has 25 heavy (non-hydrogen) atoms. The van der Waals surface area contributed by atoms with Gasteiger partial charge in [-0.25, -0.2) is 8.42 Å². The second-order valence-corrected chi connectivity index (χ2v) is 7.98. The van der Waals surface area contributed by atoms with Crippen LogP contribution in [-0.4, -0.2) is 60.7 Å². The average molecular weight is 372 g/mol. The Morgan fingerprint density at radius 3 is 2.08 bits per heavy atom. The lowest BCUT2D eigenvalue weighted by atomic mass is 9.95. The second kappa shape index (κ2) is 8.73. The first kappa shape index (κ1) is 19.8. The van der Waals surface area contributed by atoms with Crippen LogP contribution in [0.2, 0.25) is 0 Å². The number of hydrogen-bond donors (Lipinski definition) is 1. The third-order valence-electron chi connectivity index (χ3n) is 4.64. The van der Waals surface area contributed by atoms with Gasteiger partial charge in [0.2, 0.25) is 10.0 Å². The number of piperidine rings is 1. The normalized spacial score (nSPS) is 16.6. The van der Waals surface area contributed by atoms with E-state index < -0.39 is 10.0 Å². The fourth-order valence-electron chi connectivity index (χ4n) is 3.14. The fraction of sp³-hybridized carbons (Fsp3) is 0.647. The van der Waals surface area contributed by atoms with Crippen LogP contribution in [0, 0.1) is 5.92 Å². The van der Waals surface area contributed by atoms with Gasteiger partial charge in [0.25, 0.3) is 0 Å². The summed E-state index contributed by atoms with van der Waals surface area (Å²) in [6.07, 6.45) is 2.79. The molecule has 1 heterocycles. The highest BCUT2D eigenvalue weighted by atomic mass is 32.2. The first-order chi connectivity index (χ1) is 12.0. The molecule has 0 saturated carbocycles. The van der Waals surface area contributed by atoms with E-state index in [0.717, 1.165) is 25.8 Å². The summed E-state index contributed by atoms with van der Waals surface area (Å²) in [5, 5.41) is 3.15. The Morgan fingerprint density at radius 1 is 1.08 bits per heavy atom. The van der Waals surface area contributed by atoms with E-state index in [4.69, 9.17) is 14.2 Å². The zero-order valence-electron chi connectivity index (χ0n) is 15.4. The molecule has 0 radical (unpaired) electrons. The molecule has 2 rings (SSSR count). The van der Waals surface area contributed by atoms with E-state index in [1.54, 1.807) is 12.1 Å². The van der Waals surface area contributed by atoms with Crippen molar-refractivity contribution < 1.29 is 22.6 Å². The molecule has 1 aliphatic heterocycles. The highest BCUT2D eigenvalue weighted by Gasteiger charge is 2.34. The number of ether oxygens (including phenoxy) is 3. The van der Waals surface area contributed by atoms with Crippen LogP contribution in [0.3, 0.4) is 0 Å². The van der Waals surface area contributed by atoms with Gasteiger partial charge in [0.1, 0.15) is 17.2 Å². The summed E-state index contributed by atoms with van der Waals surface area (Å²) in [5.74, 6) is 1.50. The quantitative estimate of drug-likeness (QED) is 0.749. The molecule has 1 aliphatic rings. The van der Waals surface area contributed by atoms with E-state index in [2.05, 4.69) is 5.32 Å². The van der Waals surface area contributed by atoms with Crippen LogP contribution in [-0.2, 0) is 10.0 Å². The lowest BCUT2D eigenvalue weighted by Gasteiger charge is -2.32. The topological polar surface area (TPSA) is 77.1 Å². The van der Waals surface area contributed by atoms with E-state index in [-0.39, 0.29) is 16.4 Å². The van der Waals surface area contributed by atoms with Gasteiger partial charge < -0.3 is 19.5 Å². The summed E-state index contributed by atoms with van der Waals surface area (Å²) in [7, 11) is 2.62. The number of methoxy groups -OCH3 is 3. The van der Waals surface area contributed by atoms with Crippen molar-refractivity contribution in [3.05, 3.63) is 12.1 Å². The Hall–Kier alpha value is -1.51. The minimum absolute atomic E-state index is 0.0620. The SMILES string of the molecule is CNCCC1CCN(S(=O)(=O)c2c(OC)cc(OC)cc2OC)CC1.